The molecule has 0 spiro atoms. The minimum atomic E-state index is -0.525. The predicted octanol–water partition coefficient (Wildman–Crippen LogP) is 3.71. The van der Waals surface area contributed by atoms with E-state index in [1.54, 1.807) is 13.0 Å². The Morgan fingerprint density at radius 3 is 2.42 bits per heavy atom. The zero-order valence-corrected chi connectivity index (χ0v) is 14.1. The van der Waals surface area contributed by atoms with Gasteiger partial charge < -0.3 is 15.3 Å². The van der Waals surface area contributed by atoms with E-state index in [0.29, 0.717) is 34.4 Å². The highest BCUT2D eigenvalue weighted by atomic mass is 16.3. The van der Waals surface area contributed by atoms with Crippen LogP contribution in [0.3, 0.4) is 0 Å². The van der Waals surface area contributed by atoms with E-state index >= 15 is 0 Å². The lowest BCUT2D eigenvalue weighted by Gasteiger charge is -2.25. The van der Waals surface area contributed by atoms with Crippen molar-refractivity contribution in [3.63, 3.8) is 0 Å². The second-order valence-corrected chi connectivity index (χ2v) is 6.68. The Bertz CT molecular complexity index is 956. The molecule has 4 nitrogen and oxygen atoms in total. The molecule has 0 aliphatic heterocycles. The van der Waals surface area contributed by atoms with E-state index in [0.717, 1.165) is 5.56 Å². The summed E-state index contributed by atoms with van der Waals surface area (Å²) in [5, 5.41) is 10.8. The van der Waals surface area contributed by atoms with Gasteiger partial charge in [0.05, 0.1) is 5.39 Å². The summed E-state index contributed by atoms with van der Waals surface area (Å²) in [6.45, 7) is 5.92. The van der Waals surface area contributed by atoms with Gasteiger partial charge in [0.15, 0.2) is 5.43 Å². The summed E-state index contributed by atoms with van der Waals surface area (Å²) >= 11 is 0. The second-order valence-electron chi connectivity index (χ2n) is 6.68. The van der Waals surface area contributed by atoms with Crippen molar-refractivity contribution in [1.82, 2.24) is 0 Å². The molecule has 0 aliphatic rings. The number of hydrogen-bond acceptors (Lipinski definition) is 4. The lowest BCUT2D eigenvalue weighted by Crippen LogP contribution is -2.29. The van der Waals surface area contributed by atoms with Gasteiger partial charge in [-0.1, -0.05) is 44.2 Å². The SMILES string of the molecule is Cc1c(-c2ccccc2)oc2c(C(C)(C)CN)c(O)ccc2c1=O. The molecule has 0 bridgehead atoms. The summed E-state index contributed by atoms with van der Waals surface area (Å²) in [7, 11) is 0. The van der Waals surface area contributed by atoms with Crippen molar-refractivity contribution in [3.05, 3.63) is 63.8 Å². The molecule has 3 aromatic rings. The van der Waals surface area contributed by atoms with Crippen LogP contribution in [-0.2, 0) is 5.41 Å². The van der Waals surface area contributed by atoms with E-state index in [1.807, 2.05) is 44.2 Å². The molecule has 0 unspecified atom stereocenters. The Kier molecular flexibility index (Phi) is 3.93. The van der Waals surface area contributed by atoms with Crippen LogP contribution in [0.2, 0.25) is 0 Å². The lowest BCUT2D eigenvalue weighted by atomic mass is 9.83. The molecule has 1 aromatic heterocycles. The standard InChI is InChI=1S/C20H21NO3/c1-12-17(23)14-9-10-15(22)16(20(2,3)11-21)19(14)24-18(12)13-7-5-4-6-8-13/h4-10,22H,11,21H2,1-3H3. The van der Waals surface area contributed by atoms with Gasteiger partial charge in [0.25, 0.3) is 0 Å². The van der Waals surface area contributed by atoms with E-state index in [-0.39, 0.29) is 11.2 Å². The highest BCUT2D eigenvalue weighted by Gasteiger charge is 2.28. The van der Waals surface area contributed by atoms with Crippen molar-refractivity contribution >= 4 is 11.0 Å². The third-order valence-corrected chi connectivity index (χ3v) is 4.49. The Hall–Kier alpha value is -2.59. The van der Waals surface area contributed by atoms with E-state index < -0.39 is 5.41 Å². The van der Waals surface area contributed by atoms with Gasteiger partial charge in [0, 0.05) is 28.7 Å². The molecule has 0 amide bonds. The Labute approximate surface area is 140 Å². The van der Waals surface area contributed by atoms with Crippen LogP contribution in [0, 0.1) is 6.92 Å². The summed E-state index contributed by atoms with van der Waals surface area (Å²) in [6, 6.07) is 12.6. The minimum Gasteiger partial charge on any atom is -0.508 e. The summed E-state index contributed by atoms with van der Waals surface area (Å²) in [4.78, 5) is 12.8. The molecule has 24 heavy (non-hydrogen) atoms. The number of hydrogen-bond donors (Lipinski definition) is 2. The number of fused-ring (bicyclic) bond motifs is 1. The van der Waals surface area contributed by atoms with Crippen LogP contribution in [0.15, 0.2) is 51.7 Å². The fraction of sp³-hybridized carbons (Fsp3) is 0.250. The van der Waals surface area contributed by atoms with Crippen LogP contribution in [-0.4, -0.2) is 11.7 Å². The maximum Gasteiger partial charge on any atom is 0.196 e. The summed E-state index contributed by atoms with van der Waals surface area (Å²) < 4.78 is 6.14. The van der Waals surface area contributed by atoms with Gasteiger partial charge in [-0.05, 0) is 19.1 Å². The molecule has 0 saturated carbocycles. The smallest absolute Gasteiger partial charge is 0.196 e. The molecule has 124 valence electrons. The highest BCUT2D eigenvalue weighted by Crippen LogP contribution is 2.38. The number of aromatic hydroxyl groups is 1. The molecule has 3 rings (SSSR count). The van der Waals surface area contributed by atoms with Crippen molar-refractivity contribution in [2.75, 3.05) is 6.54 Å². The molecule has 0 radical (unpaired) electrons. The fourth-order valence-corrected chi connectivity index (χ4v) is 2.96. The minimum absolute atomic E-state index is 0.0870. The molecule has 0 saturated heterocycles. The summed E-state index contributed by atoms with van der Waals surface area (Å²) in [5.41, 5.74) is 7.61. The van der Waals surface area contributed by atoms with E-state index in [4.69, 9.17) is 10.2 Å². The van der Waals surface area contributed by atoms with Crippen LogP contribution in [0.4, 0.5) is 0 Å². The van der Waals surface area contributed by atoms with Gasteiger partial charge in [0.1, 0.15) is 17.1 Å². The molecule has 0 aliphatic carbocycles. The van der Waals surface area contributed by atoms with Crippen molar-refractivity contribution < 1.29 is 9.52 Å². The third kappa shape index (κ3) is 2.49. The first kappa shape index (κ1) is 16.3. The molecule has 2 aromatic carbocycles. The number of rotatable bonds is 3. The topological polar surface area (TPSA) is 76.5 Å². The van der Waals surface area contributed by atoms with Gasteiger partial charge in [-0.2, -0.15) is 0 Å². The van der Waals surface area contributed by atoms with E-state index in [9.17, 15) is 9.90 Å². The highest BCUT2D eigenvalue weighted by molar-refractivity contribution is 5.86. The first-order valence-corrected chi connectivity index (χ1v) is 7.92. The third-order valence-electron chi connectivity index (χ3n) is 4.49. The molecule has 0 fully saturated rings. The van der Waals surface area contributed by atoms with Gasteiger partial charge in [-0.15, -0.1) is 0 Å². The molecule has 3 N–H and O–H groups in total. The van der Waals surface area contributed by atoms with Crippen molar-refractivity contribution in [2.45, 2.75) is 26.2 Å². The monoisotopic (exact) mass is 323 g/mol. The van der Waals surface area contributed by atoms with Crippen LogP contribution in [0.25, 0.3) is 22.3 Å². The van der Waals surface area contributed by atoms with Gasteiger partial charge in [-0.3, -0.25) is 4.79 Å². The fourth-order valence-electron chi connectivity index (χ4n) is 2.96. The maximum atomic E-state index is 12.8. The second kappa shape index (κ2) is 5.80. The summed E-state index contributed by atoms with van der Waals surface area (Å²) in [6.07, 6.45) is 0. The Balaban J connectivity index is 2.45. The van der Waals surface area contributed by atoms with Gasteiger partial charge in [-0.25, -0.2) is 0 Å². The first-order valence-electron chi connectivity index (χ1n) is 7.92. The van der Waals surface area contributed by atoms with Crippen molar-refractivity contribution in [1.29, 1.82) is 0 Å². The average Bonchev–Trinajstić information content (AvgIpc) is 2.58. The van der Waals surface area contributed by atoms with Crippen LogP contribution in [0.1, 0.15) is 25.0 Å². The zero-order chi connectivity index (χ0) is 17.5. The van der Waals surface area contributed by atoms with Crippen LogP contribution in [0.5, 0.6) is 5.75 Å². The van der Waals surface area contributed by atoms with Gasteiger partial charge >= 0.3 is 0 Å². The number of phenols is 1. The predicted molar refractivity (Wildman–Crippen MR) is 96.4 cm³/mol. The zero-order valence-electron chi connectivity index (χ0n) is 14.1. The normalized spacial score (nSPS) is 11.8. The quantitative estimate of drug-likeness (QED) is 0.770. The van der Waals surface area contributed by atoms with Crippen molar-refractivity contribution in [2.24, 2.45) is 5.73 Å². The van der Waals surface area contributed by atoms with Crippen molar-refractivity contribution in [3.8, 4) is 17.1 Å². The van der Waals surface area contributed by atoms with Crippen LogP contribution < -0.4 is 11.2 Å². The number of benzene rings is 2. The maximum absolute atomic E-state index is 12.8. The molecule has 4 heteroatoms. The molecular weight excluding hydrogens is 302 g/mol. The lowest BCUT2D eigenvalue weighted by molar-refractivity contribution is 0.435. The average molecular weight is 323 g/mol. The van der Waals surface area contributed by atoms with E-state index in [1.165, 1.54) is 6.07 Å². The number of phenolic OH excluding ortho intramolecular Hbond substituents is 1. The van der Waals surface area contributed by atoms with E-state index in [2.05, 4.69) is 0 Å². The number of nitrogens with two attached hydrogens (primary N) is 1. The first-order chi connectivity index (χ1) is 11.4. The molecule has 1 heterocycles. The van der Waals surface area contributed by atoms with Crippen LogP contribution >= 0.6 is 0 Å². The Morgan fingerprint density at radius 1 is 1.12 bits per heavy atom. The summed E-state index contributed by atoms with van der Waals surface area (Å²) in [5.74, 6) is 0.608. The molecular formula is C20H21NO3. The Morgan fingerprint density at radius 2 is 1.79 bits per heavy atom. The van der Waals surface area contributed by atoms with Gasteiger partial charge in [0.2, 0.25) is 0 Å². The molecule has 0 atom stereocenters. The largest absolute Gasteiger partial charge is 0.508 e.